The lowest BCUT2D eigenvalue weighted by atomic mass is 10.0. The van der Waals surface area contributed by atoms with Gasteiger partial charge in [-0.05, 0) is 45.8 Å². The van der Waals surface area contributed by atoms with E-state index in [0.717, 1.165) is 12.1 Å². The SMILES string of the molecule is OC(Cc1ccc(F)c(Br)c1)c1c(F)cccc1F. The van der Waals surface area contributed by atoms with Crippen LogP contribution in [-0.2, 0) is 6.42 Å². The van der Waals surface area contributed by atoms with E-state index >= 15 is 0 Å². The van der Waals surface area contributed by atoms with Crippen molar-refractivity contribution >= 4 is 15.9 Å². The number of benzene rings is 2. The zero-order valence-corrected chi connectivity index (χ0v) is 11.3. The molecule has 0 radical (unpaired) electrons. The average Bonchev–Trinajstić information content (AvgIpc) is 2.33. The lowest BCUT2D eigenvalue weighted by molar-refractivity contribution is 0.168. The summed E-state index contributed by atoms with van der Waals surface area (Å²) in [6.07, 6.45) is -1.32. The van der Waals surface area contributed by atoms with Gasteiger partial charge in [0, 0.05) is 6.42 Å². The summed E-state index contributed by atoms with van der Waals surface area (Å²) in [4.78, 5) is 0. The Hall–Kier alpha value is -1.33. The van der Waals surface area contributed by atoms with E-state index in [9.17, 15) is 18.3 Å². The molecular formula is C14H10BrF3O. The van der Waals surface area contributed by atoms with Gasteiger partial charge in [0.2, 0.25) is 0 Å². The molecule has 2 rings (SSSR count). The summed E-state index contributed by atoms with van der Waals surface area (Å²) >= 11 is 3.02. The van der Waals surface area contributed by atoms with E-state index in [0.29, 0.717) is 5.56 Å². The molecule has 0 fully saturated rings. The number of aliphatic hydroxyl groups excluding tert-OH is 1. The first-order chi connectivity index (χ1) is 8.99. The second-order valence-electron chi connectivity index (χ2n) is 4.10. The Morgan fingerprint density at radius 2 is 1.63 bits per heavy atom. The molecule has 0 heterocycles. The summed E-state index contributed by atoms with van der Waals surface area (Å²) in [5.74, 6) is -2.03. The molecule has 19 heavy (non-hydrogen) atoms. The van der Waals surface area contributed by atoms with Gasteiger partial charge in [0.1, 0.15) is 17.5 Å². The topological polar surface area (TPSA) is 20.2 Å². The van der Waals surface area contributed by atoms with Crippen molar-refractivity contribution < 1.29 is 18.3 Å². The minimum atomic E-state index is -1.32. The summed E-state index contributed by atoms with van der Waals surface area (Å²) in [7, 11) is 0. The van der Waals surface area contributed by atoms with Crippen LogP contribution in [0.4, 0.5) is 13.2 Å². The smallest absolute Gasteiger partial charge is 0.137 e. The highest BCUT2D eigenvalue weighted by atomic mass is 79.9. The third-order valence-electron chi connectivity index (χ3n) is 2.75. The first-order valence-electron chi connectivity index (χ1n) is 5.55. The van der Waals surface area contributed by atoms with Gasteiger partial charge >= 0.3 is 0 Å². The van der Waals surface area contributed by atoms with Crippen molar-refractivity contribution in [2.45, 2.75) is 12.5 Å². The molecule has 0 bridgehead atoms. The summed E-state index contributed by atoms with van der Waals surface area (Å²) in [5.41, 5.74) is 0.200. The predicted octanol–water partition coefficient (Wildman–Crippen LogP) is 4.14. The van der Waals surface area contributed by atoms with Gasteiger partial charge in [-0.3, -0.25) is 0 Å². The normalized spacial score (nSPS) is 12.5. The Bertz CT molecular complexity index is 581. The summed E-state index contributed by atoms with van der Waals surface area (Å²) in [6, 6.07) is 7.56. The molecule has 0 aliphatic rings. The highest BCUT2D eigenvalue weighted by molar-refractivity contribution is 9.10. The van der Waals surface area contributed by atoms with Crippen molar-refractivity contribution in [3.63, 3.8) is 0 Å². The van der Waals surface area contributed by atoms with E-state index in [4.69, 9.17) is 0 Å². The maximum atomic E-state index is 13.5. The van der Waals surface area contributed by atoms with Crippen LogP contribution in [0.15, 0.2) is 40.9 Å². The molecule has 2 aromatic carbocycles. The standard InChI is InChI=1S/C14H10BrF3O/c15-9-6-8(4-5-10(9)16)7-13(19)14-11(17)2-1-3-12(14)18/h1-6,13,19H,7H2. The molecule has 2 aromatic rings. The molecule has 0 aromatic heterocycles. The molecule has 0 spiro atoms. The molecule has 5 heteroatoms. The van der Waals surface area contributed by atoms with Gasteiger partial charge in [0.25, 0.3) is 0 Å². The van der Waals surface area contributed by atoms with Crippen molar-refractivity contribution in [1.29, 1.82) is 0 Å². The van der Waals surface area contributed by atoms with Crippen LogP contribution < -0.4 is 0 Å². The van der Waals surface area contributed by atoms with Crippen LogP contribution in [0.1, 0.15) is 17.2 Å². The van der Waals surface area contributed by atoms with Crippen LogP contribution in [-0.4, -0.2) is 5.11 Å². The van der Waals surface area contributed by atoms with Gasteiger partial charge in [-0.15, -0.1) is 0 Å². The van der Waals surface area contributed by atoms with E-state index in [1.54, 1.807) is 0 Å². The minimum Gasteiger partial charge on any atom is -0.388 e. The fraction of sp³-hybridized carbons (Fsp3) is 0.143. The van der Waals surface area contributed by atoms with Crippen LogP contribution in [0.3, 0.4) is 0 Å². The Morgan fingerprint density at radius 3 is 2.21 bits per heavy atom. The third kappa shape index (κ3) is 3.16. The zero-order chi connectivity index (χ0) is 14.0. The van der Waals surface area contributed by atoms with E-state index in [2.05, 4.69) is 15.9 Å². The van der Waals surface area contributed by atoms with Gasteiger partial charge < -0.3 is 5.11 Å². The van der Waals surface area contributed by atoms with Crippen molar-refractivity contribution in [3.05, 3.63) is 69.4 Å². The van der Waals surface area contributed by atoms with Crippen LogP contribution in [0.25, 0.3) is 0 Å². The second-order valence-corrected chi connectivity index (χ2v) is 4.96. The number of aliphatic hydroxyl groups is 1. The van der Waals surface area contributed by atoms with Crippen LogP contribution in [0.5, 0.6) is 0 Å². The predicted molar refractivity (Wildman–Crippen MR) is 69.1 cm³/mol. The Balaban J connectivity index is 2.25. The highest BCUT2D eigenvalue weighted by Gasteiger charge is 2.18. The fourth-order valence-electron chi connectivity index (χ4n) is 1.82. The summed E-state index contributed by atoms with van der Waals surface area (Å²) < 4.78 is 40.3. The number of hydrogen-bond donors (Lipinski definition) is 1. The Labute approximate surface area is 116 Å². The molecule has 1 N–H and O–H groups in total. The molecule has 1 nitrogen and oxygen atoms in total. The zero-order valence-electron chi connectivity index (χ0n) is 9.71. The first-order valence-corrected chi connectivity index (χ1v) is 6.34. The van der Waals surface area contributed by atoms with E-state index < -0.39 is 23.6 Å². The van der Waals surface area contributed by atoms with Crippen molar-refractivity contribution in [2.24, 2.45) is 0 Å². The average molecular weight is 331 g/mol. The molecule has 100 valence electrons. The monoisotopic (exact) mass is 330 g/mol. The quantitative estimate of drug-likeness (QED) is 0.896. The molecule has 0 aliphatic carbocycles. The van der Waals surface area contributed by atoms with Gasteiger partial charge in [0.15, 0.2) is 0 Å². The van der Waals surface area contributed by atoms with E-state index in [1.807, 2.05) is 0 Å². The van der Waals surface area contributed by atoms with E-state index in [-0.39, 0.29) is 16.5 Å². The second kappa shape index (κ2) is 5.75. The van der Waals surface area contributed by atoms with Crippen LogP contribution in [0.2, 0.25) is 0 Å². The van der Waals surface area contributed by atoms with Gasteiger partial charge in [0.05, 0.1) is 16.1 Å². The highest BCUT2D eigenvalue weighted by Crippen LogP contribution is 2.25. The van der Waals surface area contributed by atoms with Crippen molar-refractivity contribution in [2.75, 3.05) is 0 Å². The Morgan fingerprint density at radius 1 is 1.00 bits per heavy atom. The van der Waals surface area contributed by atoms with Gasteiger partial charge in [-0.25, -0.2) is 13.2 Å². The maximum Gasteiger partial charge on any atom is 0.137 e. The summed E-state index contributed by atoms with van der Waals surface area (Å²) in [5, 5.41) is 9.91. The Kier molecular flexibility index (Phi) is 4.27. The third-order valence-corrected chi connectivity index (χ3v) is 3.35. The molecule has 0 saturated heterocycles. The molecular weight excluding hydrogens is 321 g/mol. The lowest BCUT2D eigenvalue weighted by Gasteiger charge is -2.13. The maximum absolute atomic E-state index is 13.5. The summed E-state index contributed by atoms with van der Waals surface area (Å²) in [6.45, 7) is 0. The molecule has 0 saturated carbocycles. The molecule has 1 unspecified atom stereocenters. The van der Waals surface area contributed by atoms with Crippen LogP contribution in [0, 0.1) is 17.5 Å². The molecule has 0 amide bonds. The minimum absolute atomic E-state index is 0.00324. The van der Waals surface area contributed by atoms with Gasteiger partial charge in [-0.2, -0.15) is 0 Å². The van der Waals surface area contributed by atoms with E-state index in [1.165, 1.54) is 24.3 Å². The van der Waals surface area contributed by atoms with Crippen molar-refractivity contribution in [3.8, 4) is 0 Å². The number of hydrogen-bond acceptors (Lipinski definition) is 1. The number of halogens is 4. The number of rotatable bonds is 3. The van der Waals surface area contributed by atoms with Crippen molar-refractivity contribution in [1.82, 2.24) is 0 Å². The molecule has 1 atom stereocenters. The van der Waals surface area contributed by atoms with Gasteiger partial charge in [-0.1, -0.05) is 12.1 Å². The first kappa shape index (κ1) is 14.1. The lowest BCUT2D eigenvalue weighted by Crippen LogP contribution is -2.07. The molecule has 0 aliphatic heterocycles. The van der Waals surface area contributed by atoms with Crippen LogP contribution >= 0.6 is 15.9 Å². The largest absolute Gasteiger partial charge is 0.388 e. The fourth-order valence-corrected chi connectivity index (χ4v) is 2.25.